The second kappa shape index (κ2) is 5.03. The molecule has 0 saturated heterocycles. The van der Waals surface area contributed by atoms with Gasteiger partial charge in [-0.1, -0.05) is 12.1 Å². The average molecular weight is 326 g/mol. The molecule has 0 bridgehead atoms. The second-order valence-corrected chi connectivity index (χ2v) is 5.08. The summed E-state index contributed by atoms with van der Waals surface area (Å²) >= 11 is 0.905. The van der Waals surface area contributed by atoms with Crippen LogP contribution in [0.15, 0.2) is 41.1 Å². The predicted molar refractivity (Wildman–Crippen MR) is 64.8 cm³/mol. The van der Waals surface area contributed by atoms with Crippen LogP contribution in [0.3, 0.4) is 0 Å². The molecular formula is C13H8F6OS. The van der Waals surface area contributed by atoms with Gasteiger partial charge in [-0.05, 0) is 34.5 Å². The van der Waals surface area contributed by atoms with E-state index in [2.05, 4.69) is 0 Å². The summed E-state index contributed by atoms with van der Waals surface area (Å²) in [6, 6.07) is 3.64. The highest BCUT2D eigenvalue weighted by atomic mass is 32.1. The van der Waals surface area contributed by atoms with Crippen molar-refractivity contribution in [2.75, 3.05) is 0 Å². The van der Waals surface area contributed by atoms with Crippen LogP contribution < -0.4 is 0 Å². The van der Waals surface area contributed by atoms with Gasteiger partial charge < -0.3 is 5.11 Å². The lowest BCUT2D eigenvalue weighted by molar-refractivity contribution is -0.248. The monoisotopic (exact) mass is 326 g/mol. The van der Waals surface area contributed by atoms with E-state index in [4.69, 9.17) is 0 Å². The molecule has 0 aliphatic heterocycles. The van der Waals surface area contributed by atoms with Crippen LogP contribution >= 0.6 is 11.3 Å². The fourth-order valence-electron chi connectivity index (χ4n) is 1.88. The number of thiophene rings is 1. The summed E-state index contributed by atoms with van der Waals surface area (Å²) in [7, 11) is 0. The van der Waals surface area contributed by atoms with E-state index in [1.165, 1.54) is 5.38 Å². The normalized spacial score (nSPS) is 15.8. The molecule has 0 fully saturated rings. The van der Waals surface area contributed by atoms with E-state index in [1.807, 2.05) is 0 Å². The lowest BCUT2D eigenvalue weighted by Gasteiger charge is -2.31. The molecule has 1 N–H and O–H groups in total. The van der Waals surface area contributed by atoms with Crippen LogP contribution in [0.25, 0.3) is 0 Å². The van der Waals surface area contributed by atoms with Gasteiger partial charge in [-0.2, -0.15) is 37.7 Å². The quantitative estimate of drug-likeness (QED) is 0.802. The van der Waals surface area contributed by atoms with E-state index in [9.17, 15) is 31.4 Å². The van der Waals surface area contributed by atoms with Crippen molar-refractivity contribution in [1.82, 2.24) is 0 Å². The molecule has 1 aromatic heterocycles. The van der Waals surface area contributed by atoms with Crippen molar-refractivity contribution in [3.63, 3.8) is 0 Å². The Morgan fingerprint density at radius 2 is 1.48 bits per heavy atom. The van der Waals surface area contributed by atoms with E-state index in [0.29, 0.717) is 12.1 Å². The van der Waals surface area contributed by atoms with Crippen molar-refractivity contribution in [2.45, 2.75) is 18.0 Å². The summed E-state index contributed by atoms with van der Waals surface area (Å²) in [5, 5.41) is 12.4. The molecule has 0 radical (unpaired) electrons. The smallest absolute Gasteiger partial charge is 0.372 e. The third kappa shape index (κ3) is 2.77. The molecule has 8 heteroatoms. The molecule has 21 heavy (non-hydrogen) atoms. The summed E-state index contributed by atoms with van der Waals surface area (Å²) in [4.78, 5) is 0. The Balaban J connectivity index is 2.64. The summed E-state index contributed by atoms with van der Waals surface area (Å²) in [5.74, 6) is 0. The van der Waals surface area contributed by atoms with Crippen molar-refractivity contribution in [1.29, 1.82) is 0 Å². The van der Waals surface area contributed by atoms with Gasteiger partial charge in [-0.25, -0.2) is 0 Å². The number of rotatable bonds is 2. The zero-order valence-corrected chi connectivity index (χ0v) is 11.0. The molecule has 2 rings (SSSR count). The lowest BCUT2D eigenvalue weighted by Crippen LogP contribution is -2.43. The number of benzene rings is 1. The fraction of sp³-hybridized carbons (Fsp3) is 0.231. The van der Waals surface area contributed by atoms with E-state index >= 15 is 0 Å². The van der Waals surface area contributed by atoms with Gasteiger partial charge in [0, 0.05) is 5.56 Å². The molecule has 0 spiro atoms. The van der Waals surface area contributed by atoms with Crippen molar-refractivity contribution in [2.24, 2.45) is 0 Å². The second-order valence-electron chi connectivity index (χ2n) is 4.30. The minimum Gasteiger partial charge on any atom is -0.372 e. The highest BCUT2D eigenvalue weighted by Gasteiger charge is 2.56. The molecule has 1 atom stereocenters. The van der Waals surface area contributed by atoms with Crippen LogP contribution in [0.5, 0.6) is 0 Å². The average Bonchev–Trinajstić information content (AvgIpc) is 2.89. The van der Waals surface area contributed by atoms with E-state index in [0.717, 1.165) is 34.9 Å². The van der Waals surface area contributed by atoms with E-state index in [-0.39, 0.29) is 0 Å². The van der Waals surface area contributed by atoms with Crippen LogP contribution in [-0.2, 0) is 11.8 Å². The number of hydrogen-bond acceptors (Lipinski definition) is 2. The molecule has 0 amide bonds. The lowest BCUT2D eigenvalue weighted by atomic mass is 9.86. The zero-order chi connectivity index (χ0) is 15.9. The Kier molecular flexibility index (Phi) is 3.79. The number of hydrogen-bond donors (Lipinski definition) is 1. The molecule has 0 saturated carbocycles. The van der Waals surface area contributed by atoms with Crippen LogP contribution in [-0.4, -0.2) is 11.3 Å². The fourth-order valence-corrected chi connectivity index (χ4v) is 2.58. The highest BCUT2D eigenvalue weighted by molar-refractivity contribution is 7.08. The molecule has 2 aromatic rings. The van der Waals surface area contributed by atoms with Gasteiger partial charge in [0.15, 0.2) is 0 Å². The Morgan fingerprint density at radius 3 is 1.95 bits per heavy atom. The van der Waals surface area contributed by atoms with Crippen LogP contribution in [0.4, 0.5) is 26.3 Å². The van der Waals surface area contributed by atoms with Gasteiger partial charge in [0.05, 0.1) is 5.56 Å². The Labute approximate surface area is 119 Å². The van der Waals surface area contributed by atoms with Gasteiger partial charge in [0.25, 0.3) is 0 Å². The molecule has 1 heterocycles. The summed E-state index contributed by atoms with van der Waals surface area (Å²) in [6.45, 7) is 0. The van der Waals surface area contributed by atoms with Crippen LogP contribution in [0, 0.1) is 0 Å². The maximum atomic E-state index is 13.3. The topological polar surface area (TPSA) is 20.2 Å². The van der Waals surface area contributed by atoms with Crippen molar-refractivity contribution in [3.05, 3.63) is 57.8 Å². The Morgan fingerprint density at radius 1 is 0.857 bits per heavy atom. The minimum atomic E-state index is -5.15. The van der Waals surface area contributed by atoms with Crippen LogP contribution in [0.2, 0.25) is 0 Å². The first-order valence-corrected chi connectivity index (χ1v) is 6.50. The maximum absolute atomic E-state index is 13.3. The Hall–Kier alpha value is -1.54. The number of alkyl halides is 6. The minimum absolute atomic E-state index is 0.311. The molecule has 1 nitrogen and oxygen atoms in total. The molecule has 114 valence electrons. The highest BCUT2D eigenvalue weighted by Crippen LogP contribution is 2.45. The molecular weight excluding hydrogens is 318 g/mol. The zero-order valence-electron chi connectivity index (χ0n) is 10.2. The Bertz CT molecular complexity index is 616. The van der Waals surface area contributed by atoms with E-state index in [1.54, 1.807) is 0 Å². The predicted octanol–water partition coefficient (Wildman–Crippen LogP) is 4.57. The summed E-state index contributed by atoms with van der Waals surface area (Å²) in [5.41, 5.74) is -6.12. The first-order valence-electron chi connectivity index (χ1n) is 5.56. The van der Waals surface area contributed by atoms with Gasteiger partial charge >= 0.3 is 12.4 Å². The maximum Gasteiger partial charge on any atom is 0.425 e. The first kappa shape index (κ1) is 15.8. The molecule has 1 aromatic carbocycles. The van der Waals surface area contributed by atoms with Gasteiger partial charge in [0.2, 0.25) is 5.60 Å². The largest absolute Gasteiger partial charge is 0.425 e. The van der Waals surface area contributed by atoms with Crippen molar-refractivity contribution in [3.8, 4) is 0 Å². The summed E-state index contributed by atoms with van der Waals surface area (Å²) < 4.78 is 77.7. The number of halogens is 6. The van der Waals surface area contributed by atoms with Gasteiger partial charge in [-0.15, -0.1) is 0 Å². The van der Waals surface area contributed by atoms with E-state index < -0.39 is 34.6 Å². The van der Waals surface area contributed by atoms with Gasteiger partial charge in [-0.3, -0.25) is 0 Å². The third-order valence-corrected chi connectivity index (χ3v) is 3.64. The summed E-state index contributed by atoms with van der Waals surface area (Å²) in [6.07, 6.45) is -9.95. The van der Waals surface area contributed by atoms with Gasteiger partial charge in [0.1, 0.15) is 0 Å². The third-order valence-electron chi connectivity index (χ3n) is 2.96. The molecule has 1 unspecified atom stereocenters. The number of aliphatic hydroxyl groups is 1. The van der Waals surface area contributed by atoms with Crippen molar-refractivity contribution < 1.29 is 31.4 Å². The molecule has 0 aliphatic carbocycles. The molecule has 0 aliphatic rings. The first-order chi connectivity index (χ1) is 9.57. The van der Waals surface area contributed by atoms with Crippen LogP contribution in [0.1, 0.15) is 16.7 Å². The van der Waals surface area contributed by atoms with Crippen molar-refractivity contribution >= 4 is 11.3 Å². The standard InChI is InChI=1S/C13H8F6OS/c14-12(15,16)9-3-1-2-8(6-9)11(20,13(17,18)19)10-4-5-21-7-10/h1-7,20H. The SMILES string of the molecule is OC(c1ccsc1)(c1cccc(C(F)(F)F)c1)C(F)(F)F.